The van der Waals surface area contributed by atoms with E-state index in [1.807, 2.05) is 24.4 Å². The van der Waals surface area contributed by atoms with Gasteiger partial charge in [0.2, 0.25) is 0 Å². The SMILES string of the molecule is O=C(COc1ccccc1)OCCCc1c[nH]c2ccc(F)cc12. The number of fused-ring (bicyclic) bond motifs is 1. The first-order valence-corrected chi connectivity index (χ1v) is 7.81. The number of aromatic nitrogens is 1. The number of aromatic amines is 1. The van der Waals surface area contributed by atoms with Gasteiger partial charge in [-0.2, -0.15) is 0 Å². The monoisotopic (exact) mass is 327 g/mol. The van der Waals surface area contributed by atoms with Crippen molar-refractivity contribution in [3.8, 4) is 5.75 Å². The van der Waals surface area contributed by atoms with E-state index in [1.165, 1.54) is 12.1 Å². The molecular formula is C19H18FNO3. The Labute approximate surface area is 139 Å². The molecule has 0 fully saturated rings. The van der Waals surface area contributed by atoms with Gasteiger partial charge in [0.15, 0.2) is 6.61 Å². The highest BCUT2D eigenvalue weighted by Gasteiger charge is 2.07. The van der Waals surface area contributed by atoms with E-state index in [1.54, 1.807) is 18.2 Å². The zero-order valence-corrected chi connectivity index (χ0v) is 13.1. The Hall–Kier alpha value is -2.82. The summed E-state index contributed by atoms with van der Waals surface area (Å²) in [6, 6.07) is 13.8. The molecule has 0 bridgehead atoms. The molecule has 0 saturated carbocycles. The number of H-pyrrole nitrogens is 1. The third kappa shape index (κ3) is 4.13. The molecule has 0 aliphatic rings. The number of hydrogen-bond donors (Lipinski definition) is 1. The van der Waals surface area contributed by atoms with Gasteiger partial charge in [0.1, 0.15) is 11.6 Å². The number of carbonyl (C=O) groups is 1. The van der Waals surface area contributed by atoms with E-state index in [0.717, 1.165) is 16.5 Å². The molecule has 0 unspecified atom stereocenters. The van der Waals surface area contributed by atoms with Crippen LogP contribution in [0.4, 0.5) is 4.39 Å². The molecule has 5 heteroatoms. The summed E-state index contributed by atoms with van der Waals surface area (Å²) in [6.45, 7) is 0.196. The van der Waals surface area contributed by atoms with Crippen molar-refractivity contribution in [1.82, 2.24) is 4.98 Å². The first-order valence-electron chi connectivity index (χ1n) is 7.81. The Morgan fingerprint density at radius 3 is 2.79 bits per heavy atom. The summed E-state index contributed by atoms with van der Waals surface area (Å²) in [5.74, 6) is -0.0214. The van der Waals surface area contributed by atoms with Crippen molar-refractivity contribution < 1.29 is 18.7 Å². The Morgan fingerprint density at radius 2 is 1.96 bits per heavy atom. The van der Waals surface area contributed by atoms with Gasteiger partial charge >= 0.3 is 5.97 Å². The predicted molar refractivity (Wildman–Crippen MR) is 89.5 cm³/mol. The summed E-state index contributed by atoms with van der Waals surface area (Å²) in [6.07, 6.45) is 3.24. The third-order valence-corrected chi connectivity index (χ3v) is 3.68. The maximum Gasteiger partial charge on any atom is 0.344 e. The van der Waals surface area contributed by atoms with Crippen molar-refractivity contribution in [1.29, 1.82) is 0 Å². The maximum absolute atomic E-state index is 13.3. The van der Waals surface area contributed by atoms with Crippen LogP contribution in [0.25, 0.3) is 10.9 Å². The smallest absolute Gasteiger partial charge is 0.344 e. The number of halogens is 1. The molecule has 4 nitrogen and oxygen atoms in total. The van der Waals surface area contributed by atoms with Crippen LogP contribution < -0.4 is 4.74 Å². The first-order chi connectivity index (χ1) is 11.7. The van der Waals surface area contributed by atoms with Gasteiger partial charge in [-0.05, 0) is 48.7 Å². The van der Waals surface area contributed by atoms with Crippen molar-refractivity contribution in [2.24, 2.45) is 0 Å². The number of aryl methyl sites for hydroxylation is 1. The highest BCUT2D eigenvalue weighted by Crippen LogP contribution is 2.20. The lowest BCUT2D eigenvalue weighted by atomic mass is 10.1. The molecule has 24 heavy (non-hydrogen) atoms. The molecule has 0 atom stereocenters. The average Bonchev–Trinajstić information content (AvgIpc) is 3.00. The van der Waals surface area contributed by atoms with E-state index in [-0.39, 0.29) is 12.4 Å². The zero-order valence-electron chi connectivity index (χ0n) is 13.1. The van der Waals surface area contributed by atoms with Gasteiger partial charge in [-0.3, -0.25) is 0 Å². The molecule has 0 saturated heterocycles. The molecule has 0 amide bonds. The number of benzene rings is 2. The van der Waals surface area contributed by atoms with E-state index in [4.69, 9.17) is 9.47 Å². The van der Waals surface area contributed by atoms with Gasteiger partial charge in [-0.1, -0.05) is 18.2 Å². The normalized spacial score (nSPS) is 10.7. The van der Waals surface area contributed by atoms with Crippen molar-refractivity contribution in [2.75, 3.05) is 13.2 Å². The molecule has 0 radical (unpaired) electrons. The molecule has 1 heterocycles. The summed E-state index contributed by atoms with van der Waals surface area (Å²) < 4.78 is 23.8. The van der Waals surface area contributed by atoms with Crippen LogP contribution in [0.5, 0.6) is 5.75 Å². The number of esters is 1. The zero-order chi connectivity index (χ0) is 16.8. The maximum atomic E-state index is 13.3. The number of carbonyl (C=O) groups excluding carboxylic acids is 1. The number of ether oxygens (including phenoxy) is 2. The Bertz CT molecular complexity index is 814. The lowest BCUT2D eigenvalue weighted by Gasteiger charge is -2.06. The van der Waals surface area contributed by atoms with Crippen LogP contribution >= 0.6 is 0 Å². The summed E-state index contributed by atoms with van der Waals surface area (Å²) in [5.41, 5.74) is 1.92. The van der Waals surface area contributed by atoms with Crippen LogP contribution in [0.3, 0.4) is 0 Å². The lowest BCUT2D eigenvalue weighted by Crippen LogP contribution is -2.15. The van der Waals surface area contributed by atoms with E-state index in [0.29, 0.717) is 25.2 Å². The number of rotatable bonds is 7. The fourth-order valence-corrected chi connectivity index (χ4v) is 2.51. The molecule has 1 aromatic heterocycles. The third-order valence-electron chi connectivity index (χ3n) is 3.68. The first kappa shape index (κ1) is 16.1. The quantitative estimate of drug-likeness (QED) is 0.529. The highest BCUT2D eigenvalue weighted by molar-refractivity contribution is 5.83. The van der Waals surface area contributed by atoms with Crippen LogP contribution in [0.15, 0.2) is 54.7 Å². The molecule has 0 aliphatic heterocycles. The van der Waals surface area contributed by atoms with E-state index < -0.39 is 5.97 Å². The largest absolute Gasteiger partial charge is 0.482 e. The minimum absolute atomic E-state index is 0.109. The van der Waals surface area contributed by atoms with Gasteiger partial charge in [-0.25, -0.2) is 9.18 Å². The van der Waals surface area contributed by atoms with Crippen molar-refractivity contribution >= 4 is 16.9 Å². The molecule has 124 valence electrons. The Balaban J connectivity index is 1.41. The van der Waals surface area contributed by atoms with Gasteiger partial charge < -0.3 is 14.5 Å². The molecule has 3 rings (SSSR count). The number of nitrogens with one attached hydrogen (secondary N) is 1. The second-order valence-corrected chi connectivity index (χ2v) is 5.43. The number of hydrogen-bond acceptors (Lipinski definition) is 3. The van der Waals surface area contributed by atoms with E-state index in [2.05, 4.69) is 4.98 Å². The van der Waals surface area contributed by atoms with Gasteiger partial charge in [0.25, 0.3) is 0 Å². The summed E-state index contributed by atoms with van der Waals surface area (Å²) in [5, 5.41) is 0.869. The molecular weight excluding hydrogens is 309 g/mol. The van der Waals surface area contributed by atoms with Crippen LogP contribution in [0.2, 0.25) is 0 Å². The van der Waals surface area contributed by atoms with Crippen molar-refractivity contribution in [2.45, 2.75) is 12.8 Å². The van der Waals surface area contributed by atoms with Crippen molar-refractivity contribution in [3.63, 3.8) is 0 Å². The van der Waals surface area contributed by atoms with E-state index in [9.17, 15) is 9.18 Å². The average molecular weight is 327 g/mol. The molecule has 0 aliphatic carbocycles. The number of para-hydroxylation sites is 1. The second-order valence-electron chi connectivity index (χ2n) is 5.43. The predicted octanol–water partition coefficient (Wildman–Crippen LogP) is 3.86. The Morgan fingerprint density at radius 1 is 1.12 bits per heavy atom. The molecule has 3 aromatic rings. The summed E-state index contributed by atoms with van der Waals surface area (Å²) in [4.78, 5) is 14.7. The lowest BCUT2D eigenvalue weighted by molar-refractivity contribution is -0.146. The minimum atomic E-state index is -0.399. The molecule has 2 aromatic carbocycles. The van der Waals surface area contributed by atoms with Crippen LogP contribution in [-0.2, 0) is 16.0 Å². The van der Waals surface area contributed by atoms with Gasteiger partial charge in [-0.15, -0.1) is 0 Å². The Kier molecular flexibility index (Phi) is 5.11. The highest BCUT2D eigenvalue weighted by atomic mass is 19.1. The molecule has 0 spiro atoms. The van der Waals surface area contributed by atoms with Crippen LogP contribution in [-0.4, -0.2) is 24.2 Å². The molecule has 1 N–H and O–H groups in total. The van der Waals surface area contributed by atoms with Gasteiger partial charge in [0, 0.05) is 17.1 Å². The fraction of sp³-hybridized carbons (Fsp3) is 0.211. The van der Waals surface area contributed by atoms with Crippen LogP contribution in [0.1, 0.15) is 12.0 Å². The summed E-state index contributed by atoms with van der Waals surface area (Å²) in [7, 11) is 0. The van der Waals surface area contributed by atoms with Crippen LogP contribution in [0, 0.1) is 5.82 Å². The minimum Gasteiger partial charge on any atom is -0.482 e. The van der Waals surface area contributed by atoms with Crippen molar-refractivity contribution in [3.05, 3.63) is 66.1 Å². The fourth-order valence-electron chi connectivity index (χ4n) is 2.51. The topological polar surface area (TPSA) is 51.3 Å². The summed E-state index contributed by atoms with van der Waals surface area (Å²) >= 11 is 0. The van der Waals surface area contributed by atoms with Gasteiger partial charge in [0.05, 0.1) is 6.61 Å². The second kappa shape index (κ2) is 7.64. The standard InChI is InChI=1S/C19H18FNO3/c20-15-8-9-18-17(11-15)14(12-21-18)5-4-10-23-19(22)13-24-16-6-2-1-3-7-16/h1-3,6-9,11-12,21H,4-5,10,13H2. The van der Waals surface area contributed by atoms with E-state index >= 15 is 0 Å².